The van der Waals surface area contributed by atoms with Crippen LogP contribution in [-0.4, -0.2) is 12.1 Å². The third-order valence-corrected chi connectivity index (χ3v) is 4.75. The lowest BCUT2D eigenvalue weighted by Gasteiger charge is -2.14. The molecule has 26 heavy (non-hydrogen) atoms. The van der Waals surface area contributed by atoms with E-state index in [2.05, 4.69) is 16.4 Å². The van der Waals surface area contributed by atoms with Gasteiger partial charge in [0.25, 0.3) is 0 Å². The highest BCUT2D eigenvalue weighted by atomic mass is 35.5. The minimum Gasteiger partial charge on any atom is -0.493 e. The Kier molecular flexibility index (Phi) is 5.95. The highest BCUT2D eigenvalue weighted by molar-refractivity contribution is 7.15. The monoisotopic (exact) mass is 385 g/mol. The van der Waals surface area contributed by atoms with Gasteiger partial charge < -0.3 is 14.8 Å². The molecule has 0 radical (unpaired) electrons. The molecular formula is C19H16ClN3O2S. The first-order valence-electron chi connectivity index (χ1n) is 7.82. The van der Waals surface area contributed by atoms with Crippen molar-refractivity contribution in [2.45, 2.75) is 13.2 Å². The third kappa shape index (κ3) is 4.45. The molecule has 0 aliphatic carbocycles. The topological polar surface area (TPSA) is 67.2 Å². The normalized spacial score (nSPS) is 10.2. The first kappa shape index (κ1) is 18.1. The Bertz CT molecular complexity index is 922. The first-order valence-corrected chi connectivity index (χ1v) is 9.02. The van der Waals surface area contributed by atoms with E-state index in [1.54, 1.807) is 25.4 Å². The summed E-state index contributed by atoms with van der Waals surface area (Å²) >= 11 is 7.25. The number of nitrogens with one attached hydrogen (secondary N) is 1. The molecule has 0 aliphatic rings. The number of benzene rings is 2. The van der Waals surface area contributed by atoms with Gasteiger partial charge >= 0.3 is 0 Å². The molecule has 0 fully saturated rings. The Morgan fingerprint density at radius 2 is 2.04 bits per heavy atom. The molecule has 0 saturated heterocycles. The molecule has 0 aliphatic heterocycles. The van der Waals surface area contributed by atoms with Crippen LogP contribution < -0.4 is 14.8 Å². The van der Waals surface area contributed by atoms with E-state index in [1.807, 2.05) is 30.3 Å². The zero-order chi connectivity index (χ0) is 18.4. The predicted octanol–water partition coefficient (Wildman–Crippen LogP) is 4.87. The number of halogens is 1. The zero-order valence-corrected chi connectivity index (χ0v) is 15.6. The standard InChI is InChI=1S/C19H16ClN3O2S/c1-24-17-7-14(9-21)16(22-10-15-11-23-19(20)26-15)8-18(17)25-12-13-5-3-2-4-6-13/h2-8,11,22H,10,12H2,1H3. The van der Waals surface area contributed by atoms with Crippen molar-refractivity contribution in [1.82, 2.24) is 4.98 Å². The maximum absolute atomic E-state index is 9.42. The molecule has 3 aromatic rings. The number of rotatable bonds is 7. The van der Waals surface area contributed by atoms with Crippen LogP contribution in [0.25, 0.3) is 0 Å². The molecule has 1 aromatic heterocycles. The Hall–Kier alpha value is -2.75. The van der Waals surface area contributed by atoms with Gasteiger partial charge in [0.2, 0.25) is 0 Å². The summed E-state index contributed by atoms with van der Waals surface area (Å²) in [6, 6.07) is 15.5. The first-order chi connectivity index (χ1) is 12.7. The van der Waals surface area contributed by atoms with Crippen molar-refractivity contribution in [2.24, 2.45) is 0 Å². The number of methoxy groups -OCH3 is 1. The molecule has 0 spiro atoms. The lowest BCUT2D eigenvalue weighted by molar-refractivity contribution is 0.284. The number of hydrogen-bond donors (Lipinski definition) is 1. The van der Waals surface area contributed by atoms with E-state index in [0.717, 1.165) is 10.4 Å². The number of nitriles is 1. The number of aromatic nitrogens is 1. The SMILES string of the molecule is COc1cc(C#N)c(NCc2cnc(Cl)s2)cc1OCc1ccccc1. The summed E-state index contributed by atoms with van der Waals surface area (Å²) < 4.78 is 11.8. The molecule has 3 rings (SSSR count). The fourth-order valence-electron chi connectivity index (χ4n) is 2.35. The third-order valence-electron chi connectivity index (χ3n) is 3.64. The van der Waals surface area contributed by atoms with E-state index in [9.17, 15) is 5.26 Å². The minimum absolute atomic E-state index is 0.410. The van der Waals surface area contributed by atoms with Gasteiger partial charge in [-0.15, -0.1) is 11.3 Å². The molecule has 132 valence electrons. The second-order valence-corrected chi connectivity index (χ2v) is 7.07. The van der Waals surface area contributed by atoms with E-state index in [1.165, 1.54) is 11.3 Å². The van der Waals surface area contributed by atoms with Crippen LogP contribution in [0.3, 0.4) is 0 Å². The van der Waals surface area contributed by atoms with E-state index in [4.69, 9.17) is 21.1 Å². The summed E-state index contributed by atoms with van der Waals surface area (Å²) in [7, 11) is 1.55. The maximum Gasteiger partial charge on any atom is 0.183 e. The summed E-state index contributed by atoms with van der Waals surface area (Å²) in [6.45, 7) is 0.927. The number of nitrogens with zero attached hydrogens (tertiary/aromatic N) is 2. The molecule has 0 unspecified atom stereocenters. The van der Waals surface area contributed by atoms with E-state index in [-0.39, 0.29) is 0 Å². The largest absolute Gasteiger partial charge is 0.493 e. The van der Waals surface area contributed by atoms with Gasteiger partial charge in [-0.05, 0) is 5.56 Å². The summed E-state index contributed by atoms with van der Waals surface area (Å²) in [5.41, 5.74) is 2.19. The van der Waals surface area contributed by atoms with Gasteiger partial charge in [-0.25, -0.2) is 4.98 Å². The number of thiazole rings is 1. The Balaban J connectivity index is 1.80. The summed E-state index contributed by atoms with van der Waals surface area (Å²) in [4.78, 5) is 4.99. The highest BCUT2D eigenvalue weighted by Crippen LogP contribution is 2.34. The lowest BCUT2D eigenvalue weighted by atomic mass is 10.1. The average molecular weight is 386 g/mol. The Morgan fingerprint density at radius 1 is 1.23 bits per heavy atom. The Morgan fingerprint density at radius 3 is 2.69 bits per heavy atom. The number of hydrogen-bond acceptors (Lipinski definition) is 6. The van der Waals surface area contributed by atoms with Crippen molar-refractivity contribution in [1.29, 1.82) is 5.26 Å². The van der Waals surface area contributed by atoms with Gasteiger partial charge in [0.1, 0.15) is 12.7 Å². The highest BCUT2D eigenvalue weighted by Gasteiger charge is 2.12. The van der Waals surface area contributed by atoms with Crippen molar-refractivity contribution < 1.29 is 9.47 Å². The van der Waals surface area contributed by atoms with Crippen molar-refractivity contribution >= 4 is 28.6 Å². The van der Waals surface area contributed by atoms with Crippen LogP contribution in [0.2, 0.25) is 4.47 Å². The van der Waals surface area contributed by atoms with Crippen molar-refractivity contribution in [3.8, 4) is 17.6 Å². The lowest BCUT2D eigenvalue weighted by Crippen LogP contribution is -2.03. The molecule has 1 N–H and O–H groups in total. The molecule has 5 nitrogen and oxygen atoms in total. The minimum atomic E-state index is 0.410. The van der Waals surface area contributed by atoms with Crippen LogP contribution >= 0.6 is 22.9 Å². The fraction of sp³-hybridized carbons (Fsp3) is 0.158. The molecule has 7 heteroatoms. The van der Waals surface area contributed by atoms with Crippen molar-refractivity contribution in [3.63, 3.8) is 0 Å². The van der Waals surface area contributed by atoms with Gasteiger partial charge in [0.15, 0.2) is 16.0 Å². The summed E-state index contributed by atoms with van der Waals surface area (Å²) in [5.74, 6) is 1.09. The molecule has 1 heterocycles. The van der Waals surface area contributed by atoms with Crippen LogP contribution in [0.15, 0.2) is 48.7 Å². The Labute approximate surface area is 160 Å². The molecule has 2 aromatic carbocycles. The smallest absolute Gasteiger partial charge is 0.183 e. The van der Waals surface area contributed by atoms with Gasteiger partial charge in [-0.2, -0.15) is 5.26 Å². The van der Waals surface area contributed by atoms with Crippen molar-refractivity contribution in [2.75, 3.05) is 12.4 Å². The molecular weight excluding hydrogens is 370 g/mol. The summed E-state index contributed by atoms with van der Waals surface area (Å²) in [5, 5.41) is 12.7. The van der Waals surface area contributed by atoms with Crippen LogP contribution in [-0.2, 0) is 13.2 Å². The van der Waals surface area contributed by atoms with Gasteiger partial charge in [0.05, 0.1) is 24.9 Å². The average Bonchev–Trinajstić information content (AvgIpc) is 3.10. The zero-order valence-electron chi connectivity index (χ0n) is 14.0. The van der Waals surface area contributed by atoms with E-state index in [0.29, 0.717) is 40.4 Å². The van der Waals surface area contributed by atoms with Crippen LogP contribution in [0, 0.1) is 11.3 Å². The quantitative estimate of drug-likeness (QED) is 0.628. The second kappa shape index (κ2) is 8.56. The molecule has 0 amide bonds. The van der Waals surface area contributed by atoms with E-state index >= 15 is 0 Å². The number of anilines is 1. The van der Waals surface area contributed by atoms with E-state index < -0.39 is 0 Å². The molecule has 0 atom stereocenters. The van der Waals surface area contributed by atoms with Gasteiger partial charge in [0, 0.05) is 23.2 Å². The second-order valence-electron chi connectivity index (χ2n) is 5.37. The van der Waals surface area contributed by atoms with Crippen LogP contribution in [0.5, 0.6) is 11.5 Å². The summed E-state index contributed by atoms with van der Waals surface area (Å²) in [6.07, 6.45) is 1.71. The molecule has 0 saturated carbocycles. The maximum atomic E-state index is 9.42. The van der Waals surface area contributed by atoms with Crippen LogP contribution in [0.1, 0.15) is 16.0 Å². The molecule has 0 bridgehead atoms. The predicted molar refractivity (Wildman–Crippen MR) is 103 cm³/mol. The van der Waals surface area contributed by atoms with Gasteiger partial charge in [-0.1, -0.05) is 41.9 Å². The van der Waals surface area contributed by atoms with Gasteiger partial charge in [-0.3, -0.25) is 0 Å². The fourth-order valence-corrected chi connectivity index (χ4v) is 3.27. The number of ether oxygens (including phenoxy) is 2. The van der Waals surface area contributed by atoms with Crippen LogP contribution in [0.4, 0.5) is 5.69 Å². The van der Waals surface area contributed by atoms with Crippen molar-refractivity contribution in [3.05, 3.63) is 69.1 Å².